The molecule has 1 aromatic heterocycles. The van der Waals surface area contributed by atoms with Crippen LogP contribution in [-0.4, -0.2) is 21.5 Å². The lowest BCUT2D eigenvalue weighted by Crippen LogP contribution is -2.12. The summed E-state index contributed by atoms with van der Waals surface area (Å²) < 4.78 is 1.84. The maximum absolute atomic E-state index is 8.86. The van der Waals surface area contributed by atoms with Gasteiger partial charge in [-0.15, -0.1) is 0 Å². The van der Waals surface area contributed by atoms with Crippen LogP contribution in [-0.2, 0) is 0 Å². The number of aliphatic hydroxyl groups is 1. The molecule has 1 atom stereocenters. The van der Waals surface area contributed by atoms with Gasteiger partial charge >= 0.3 is 0 Å². The van der Waals surface area contributed by atoms with Crippen molar-refractivity contribution in [3.63, 3.8) is 0 Å². The molecule has 3 nitrogen and oxygen atoms in total. The highest BCUT2D eigenvalue weighted by atomic mass is 16.3. The van der Waals surface area contributed by atoms with E-state index >= 15 is 0 Å². The van der Waals surface area contributed by atoms with E-state index in [1.807, 2.05) is 31.6 Å². The highest BCUT2D eigenvalue weighted by molar-refractivity contribution is 5.13. The molecule has 1 heterocycles. The van der Waals surface area contributed by atoms with Gasteiger partial charge in [0, 0.05) is 5.69 Å². The Labute approximate surface area is 66.7 Å². The van der Waals surface area contributed by atoms with E-state index in [1.165, 1.54) is 5.56 Å². The number of rotatable bonds is 2. The van der Waals surface area contributed by atoms with Gasteiger partial charge in [-0.1, -0.05) is 0 Å². The Hall–Kier alpha value is -0.830. The van der Waals surface area contributed by atoms with Crippen LogP contribution in [0, 0.1) is 13.8 Å². The molecule has 0 spiro atoms. The van der Waals surface area contributed by atoms with E-state index in [9.17, 15) is 0 Å². The maximum atomic E-state index is 8.86. The molecule has 0 amide bonds. The first-order valence-electron chi connectivity index (χ1n) is 3.78. The first kappa shape index (κ1) is 8.27. The summed E-state index contributed by atoms with van der Waals surface area (Å²) >= 11 is 0. The van der Waals surface area contributed by atoms with Crippen molar-refractivity contribution in [2.24, 2.45) is 0 Å². The molecule has 1 aromatic rings. The fraction of sp³-hybridized carbons (Fsp3) is 0.625. The summed E-state index contributed by atoms with van der Waals surface area (Å²) in [4.78, 5) is 0. The number of hydrogen-bond acceptors (Lipinski definition) is 2. The lowest BCUT2D eigenvalue weighted by atomic mass is 10.3. The Morgan fingerprint density at radius 2 is 2.27 bits per heavy atom. The first-order chi connectivity index (χ1) is 5.16. The SMILES string of the molecule is Cc1cnn([C@@H](C)CO)c1C. The highest BCUT2D eigenvalue weighted by Crippen LogP contribution is 2.10. The van der Waals surface area contributed by atoms with Gasteiger partial charge in [-0.3, -0.25) is 4.68 Å². The van der Waals surface area contributed by atoms with Crippen LogP contribution < -0.4 is 0 Å². The van der Waals surface area contributed by atoms with Crippen molar-refractivity contribution in [2.75, 3.05) is 6.61 Å². The second-order valence-corrected chi connectivity index (χ2v) is 2.89. The lowest BCUT2D eigenvalue weighted by molar-refractivity contribution is 0.228. The largest absolute Gasteiger partial charge is 0.394 e. The molecular weight excluding hydrogens is 140 g/mol. The Morgan fingerprint density at radius 3 is 2.64 bits per heavy atom. The summed E-state index contributed by atoms with van der Waals surface area (Å²) in [5.41, 5.74) is 2.30. The fourth-order valence-corrected chi connectivity index (χ4v) is 1.03. The molecule has 1 N–H and O–H groups in total. The zero-order valence-corrected chi connectivity index (χ0v) is 7.20. The minimum Gasteiger partial charge on any atom is -0.394 e. The number of nitrogens with zero attached hydrogens (tertiary/aromatic N) is 2. The molecule has 0 bridgehead atoms. The second-order valence-electron chi connectivity index (χ2n) is 2.89. The third-order valence-corrected chi connectivity index (χ3v) is 1.97. The third kappa shape index (κ3) is 1.43. The zero-order valence-electron chi connectivity index (χ0n) is 7.20. The molecule has 0 aliphatic rings. The van der Waals surface area contributed by atoms with Gasteiger partial charge < -0.3 is 5.11 Å². The zero-order chi connectivity index (χ0) is 8.43. The lowest BCUT2D eigenvalue weighted by Gasteiger charge is -2.10. The topological polar surface area (TPSA) is 38.0 Å². The molecule has 62 valence electrons. The Kier molecular flexibility index (Phi) is 2.29. The van der Waals surface area contributed by atoms with E-state index in [1.54, 1.807) is 0 Å². The molecule has 0 saturated carbocycles. The quantitative estimate of drug-likeness (QED) is 0.691. The van der Waals surface area contributed by atoms with Gasteiger partial charge in [0.05, 0.1) is 18.8 Å². The van der Waals surface area contributed by atoms with Crippen LogP contribution in [0.2, 0.25) is 0 Å². The number of aryl methyl sites for hydroxylation is 1. The summed E-state index contributed by atoms with van der Waals surface area (Å²) in [5, 5.41) is 13.0. The smallest absolute Gasteiger partial charge is 0.0724 e. The minimum absolute atomic E-state index is 0.0868. The van der Waals surface area contributed by atoms with Crippen LogP contribution in [0.4, 0.5) is 0 Å². The average Bonchev–Trinajstić information content (AvgIpc) is 2.32. The van der Waals surface area contributed by atoms with Crippen molar-refractivity contribution >= 4 is 0 Å². The summed E-state index contributed by atoms with van der Waals surface area (Å²) in [6.07, 6.45) is 1.82. The van der Waals surface area contributed by atoms with Crippen LogP contribution in [0.3, 0.4) is 0 Å². The van der Waals surface area contributed by atoms with E-state index in [4.69, 9.17) is 5.11 Å². The van der Waals surface area contributed by atoms with E-state index in [2.05, 4.69) is 5.10 Å². The molecule has 0 fully saturated rings. The Balaban J connectivity index is 2.94. The van der Waals surface area contributed by atoms with E-state index in [0.29, 0.717) is 0 Å². The number of aromatic nitrogens is 2. The van der Waals surface area contributed by atoms with Crippen molar-refractivity contribution in [1.29, 1.82) is 0 Å². The normalized spacial score (nSPS) is 13.5. The Bertz CT molecular complexity index is 242. The van der Waals surface area contributed by atoms with Crippen molar-refractivity contribution in [3.05, 3.63) is 17.5 Å². The molecule has 0 aliphatic carbocycles. The average molecular weight is 154 g/mol. The summed E-state index contributed by atoms with van der Waals surface area (Å²) in [5.74, 6) is 0. The molecule has 0 unspecified atom stereocenters. The van der Waals surface area contributed by atoms with Gasteiger partial charge in [-0.05, 0) is 26.3 Å². The van der Waals surface area contributed by atoms with Gasteiger partial charge in [0.2, 0.25) is 0 Å². The van der Waals surface area contributed by atoms with Crippen LogP contribution in [0.1, 0.15) is 24.2 Å². The van der Waals surface area contributed by atoms with Crippen LogP contribution >= 0.6 is 0 Å². The van der Waals surface area contributed by atoms with Gasteiger partial charge in [0.25, 0.3) is 0 Å². The predicted octanol–water partition coefficient (Wildman–Crippen LogP) is 1.05. The fourth-order valence-electron chi connectivity index (χ4n) is 1.03. The molecule has 0 radical (unpaired) electrons. The van der Waals surface area contributed by atoms with Gasteiger partial charge in [-0.25, -0.2) is 0 Å². The van der Waals surface area contributed by atoms with Crippen LogP contribution in [0.15, 0.2) is 6.20 Å². The molecule has 0 saturated heterocycles. The van der Waals surface area contributed by atoms with Crippen molar-refractivity contribution in [1.82, 2.24) is 9.78 Å². The highest BCUT2D eigenvalue weighted by Gasteiger charge is 2.07. The number of hydrogen-bond donors (Lipinski definition) is 1. The number of aliphatic hydroxyl groups excluding tert-OH is 1. The van der Waals surface area contributed by atoms with Crippen LogP contribution in [0.25, 0.3) is 0 Å². The molecule has 0 aliphatic heterocycles. The van der Waals surface area contributed by atoms with Crippen molar-refractivity contribution in [3.8, 4) is 0 Å². The van der Waals surface area contributed by atoms with Gasteiger partial charge in [-0.2, -0.15) is 5.10 Å². The van der Waals surface area contributed by atoms with E-state index in [0.717, 1.165) is 5.69 Å². The van der Waals surface area contributed by atoms with Gasteiger partial charge in [0.1, 0.15) is 0 Å². The molecule has 3 heteroatoms. The van der Waals surface area contributed by atoms with E-state index < -0.39 is 0 Å². The van der Waals surface area contributed by atoms with Crippen LogP contribution in [0.5, 0.6) is 0 Å². The maximum Gasteiger partial charge on any atom is 0.0724 e. The standard InChI is InChI=1S/C8H14N2O/c1-6-4-9-10(8(6)3)7(2)5-11/h4,7,11H,5H2,1-3H3/t7-/m0/s1. The molecular formula is C8H14N2O. The summed E-state index contributed by atoms with van der Waals surface area (Å²) in [6.45, 7) is 6.11. The molecule has 11 heavy (non-hydrogen) atoms. The molecule has 0 aromatic carbocycles. The van der Waals surface area contributed by atoms with Crippen molar-refractivity contribution < 1.29 is 5.11 Å². The summed E-state index contributed by atoms with van der Waals surface area (Å²) in [7, 11) is 0. The summed E-state index contributed by atoms with van der Waals surface area (Å²) in [6, 6.07) is 0.0868. The molecule has 1 rings (SSSR count). The predicted molar refractivity (Wildman–Crippen MR) is 43.5 cm³/mol. The first-order valence-corrected chi connectivity index (χ1v) is 3.78. The second kappa shape index (κ2) is 3.05. The van der Waals surface area contributed by atoms with Crippen molar-refractivity contribution in [2.45, 2.75) is 26.8 Å². The third-order valence-electron chi connectivity index (χ3n) is 1.97. The monoisotopic (exact) mass is 154 g/mol. The van der Waals surface area contributed by atoms with Gasteiger partial charge in [0.15, 0.2) is 0 Å². The van der Waals surface area contributed by atoms with E-state index in [-0.39, 0.29) is 12.6 Å². The Morgan fingerprint density at radius 1 is 1.64 bits per heavy atom. The minimum atomic E-state index is 0.0868.